The van der Waals surface area contributed by atoms with Gasteiger partial charge in [-0.1, -0.05) is 5.16 Å². The maximum atomic E-state index is 11.8. The predicted octanol–water partition coefficient (Wildman–Crippen LogP) is 1.44. The summed E-state index contributed by atoms with van der Waals surface area (Å²) < 4.78 is 10.2. The fourth-order valence-electron chi connectivity index (χ4n) is 1.48. The van der Waals surface area contributed by atoms with Gasteiger partial charge in [0.05, 0.1) is 6.26 Å². The lowest BCUT2D eigenvalue weighted by Gasteiger charge is -2.10. The normalized spacial score (nSPS) is 12.3. The maximum absolute atomic E-state index is 11.8. The second-order valence-electron chi connectivity index (χ2n) is 3.94. The first-order valence-corrected chi connectivity index (χ1v) is 5.63. The second-order valence-corrected chi connectivity index (χ2v) is 3.94. The zero-order chi connectivity index (χ0) is 13.0. The summed E-state index contributed by atoms with van der Waals surface area (Å²) in [6.07, 6.45) is 2.01. The lowest BCUT2D eigenvalue weighted by molar-refractivity contribution is 0.0925. The van der Waals surface area contributed by atoms with Gasteiger partial charge in [0, 0.05) is 18.7 Å². The van der Waals surface area contributed by atoms with Crippen molar-refractivity contribution in [3.8, 4) is 11.5 Å². The first-order chi connectivity index (χ1) is 8.70. The van der Waals surface area contributed by atoms with E-state index in [1.165, 1.54) is 12.3 Å². The van der Waals surface area contributed by atoms with Gasteiger partial charge < -0.3 is 19.4 Å². The van der Waals surface area contributed by atoms with Gasteiger partial charge >= 0.3 is 0 Å². The molecule has 0 aliphatic heterocycles. The molecule has 0 spiro atoms. The van der Waals surface area contributed by atoms with Crippen LogP contribution in [-0.4, -0.2) is 28.8 Å². The Bertz CT molecular complexity index is 504. The summed E-state index contributed by atoms with van der Waals surface area (Å²) >= 11 is 0. The van der Waals surface area contributed by atoms with Crippen LogP contribution in [0.3, 0.4) is 0 Å². The van der Waals surface area contributed by atoms with Crippen LogP contribution in [0.15, 0.2) is 33.4 Å². The van der Waals surface area contributed by atoms with Crippen LogP contribution in [0.5, 0.6) is 0 Å². The highest BCUT2D eigenvalue weighted by Crippen LogP contribution is 2.20. The molecule has 0 aliphatic carbocycles. The van der Waals surface area contributed by atoms with E-state index in [2.05, 4.69) is 10.5 Å². The molecule has 0 fully saturated rings. The number of carbonyl (C=O) groups is 1. The van der Waals surface area contributed by atoms with Crippen molar-refractivity contribution in [1.29, 1.82) is 0 Å². The second kappa shape index (κ2) is 5.50. The molecule has 2 aromatic heterocycles. The summed E-state index contributed by atoms with van der Waals surface area (Å²) in [6, 6.07) is 4.84. The monoisotopic (exact) mass is 250 g/mol. The average Bonchev–Trinajstić information content (AvgIpc) is 3.00. The molecule has 0 saturated heterocycles. The smallest absolute Gasteiger partial charge is 0.273 e. The topological polar surface area (TPSA) is 88.5 Å². The van der Waals surface area contributed by atoms with Gasteiger partial charge in [-0.15, -0.1) is 0 Å². The van der Waals surface area contributed by atoms with Gasteiger partial charge in [-0.3, -0.25) is 4.79 Å². The first kappa shape index (κ1) is 12.4. The number of aliphatic hydroxyl groups excluding tert-OH is 1. The van der Waals surface area contributed by atoms with E-state index < -0.39 is 0 Å². The van der Waals surface area contributed by atoms with Crippen LogP contribution in [0.1, 0.15) is 23.8 Å². The average molecular weight is 250 g/mol. The molecule has 6 heteroatoms. The number of amides is 1. The van der Waals surface area contributed by atoms with Crippen LogP contribution in [0.2, 0.25) is 0 Å². The van der Waals surface area contributed by atoms with Crippen molar-refractivity contribution < 1.29 is 18.8 Å². The number of nitrogens with zero attached hydrogens (tertiary/aromatic N) is 1. The molecule has 2 rings (SSSR count). The van der Waals surface area contributed by atoms with Gasteiger partial charge in [-0.25, -0.2) is 0 Å². The minimum atomic E-state index is -0.336. The van der Waals surface area contributed by atoms with Crippen LogP contribution in [0, 0.1) is 0 Å². The van der Waals surface area contributed by atoms with Gasteiger partial charge in [-0.2, -0.15) is 0 Å². The number of aromatic nitrogens is 1. The Morgan fingerprint density at radius 1 is 1.56 bits per heavy atom. The zero-order valence-corrected chi connectivity index (χ0v) is 9.92. The van der Waals surface area contributed by atoms with Crippen molar-refractivity contribution in [3.63, 3.8) is 0 Å². The highest BCUT2D eigenvalue weighted by atomic mass is 16.5. The summed E-state index contributed by atoms with van der Waals surface area (Å²) in [7, 11) is 0. The van der Waals surface area contributed by atoms with E-state index in [0.29, 0.717) is 17.9 Å². The van der Waals surface area contributed by atoms with Crippen LogP contribution in [0.4, 0.5) is 0 Å². The number of carbonyl (C=O) groups excluding carboxylic acids is 1. The van der Waals surface area contributed by atoms with Gasteiger partial charge in [-0.05, 0) is 25.5 Å². The van der Waals surface area contributed by atoms with Gasteiger partial charge in [0.15, 0.2) is 11.5 Å². The van der Waals surface area contributed by atoms with Crippen molar-refractivity contribution >= 4 is 5.91 Å². The van der Waals surface area contributed by atoms with Crippen LogP contribution < -0.4 is 5.32 Å². The van der Waals surface area contributed by atoms with E-state index >= 15 is 0 Å². The maximum Gasteiger partial charge on any atom is 0.273 e. The Morgan fingerprint density at radius 3 is 3.06 bits per heavy atom. The summed E-state index contributed by atoms with van der Waals surface area (Å²) in [4.78, 5) is 11.8. The summed E-state index contributed by atoms with van der Waals surface area (Å²) in [5.74, 6) is 0.586. The van der Waals surface area contributed by atoms with Gasteiger partial charge in [0.25, 0.3) is 5.91 Å². The Morgan fingerprint density at radius 2 is 2.39 bits per heavy atom. The van der Waals surface area contributed by atoms with E-state index in [0.717, 1.165) is 0 Å². The highest BCUT2D eigenvalue weighted by molar-refractivity contribution is 5.93. The van der Waals surface area contributed by atoms with Crippen molar-refractivity contribution in [3.05, 3.63) is 30.2 Å². The van der Waals surface area contributed by atoms with Crippen LogP contribution >= 0.6 is 0 Å². The summed E-state index contributed by atoms with van der Waals surface area (Å²) in [6.45, 7) is 1.83. The van der Waals surface area contributed by atoms with Gasteiger partial charge in [0.2, 0.25) is 5.76 Å². The largest absolute Gasteiger partial charge is 0.461 e. The number of hydrogen-bond acceptors (Lipinski definition) is 5. The molecule has 2 heterocycles. The molecule has 2 N–H and O–H groups in total. The molecule has 2 aromatic rings. The van der Waals surface area contributed by atoms with Crippen molar-refractivity contribution in [2.24, 2.45) is 0 Å². The molecule has 1 atom stereocenters. The van der Waals surface area contributed by atoms with E-state index in [-0.39, 0.29) is 24.2 Å². The van der Waals surface area contributed by atoms with Crippen LogP contribution in [0.25, 0.3) is 11.5 Å². The number of hydrogen-bond donors (Lipinski definition) is 2. The number of furan rings is 1. The fraction of sp³-hybridized carbons (Fsp3) is 0.333. The number of aliphatic hydroxyl groups is 1. The molecule has 0 aromatic carbocycles. The van der Waals surface area contributed by atoms with Crippen molar-refractivity contribution in [1.82, 2.24) is 10.5 Å². The van der Waals surface area contributed by atoms with E-state index in [1.807, 2.05) is 6.92 Å². The lowest BCUT2D eigenvalue weighted by atomic mass is 10.2. The predicted molar refractivity (Wildman–Crippen MR) is 62.8 cm³/mol. The highest BCUT2D eigenvalue weighted by Gasteiger charge is 2.16. The number of rotatable bonds is 5. The summed E-state index contributed by atoms with van der Waals surface area (Å²) in [5, 5.41) is 15.1. The van der Waals surface area contributed by atoms with Crippen molar-refractivity contribution in [2.45, 2.75) is 19.4 Å². The third kappa shape index (κ3) is 2.78. The Hall–Kier alpha value is -2.08. The first-order valence-electron chi connectivity index (χ1n) is 5.63. The van der Waals surface area contributed by atoms with E-state index in [1.54, 1.807) is 12.1 Å². The fourth-order valence-corrected chi connectivity index (χ4v) is 1.48. The SMILES string of the molecule is CC(CCO)NC(=O)c1cc(-c2ccco2)on1. The van der Waals surface area contributed by atoms with Gasteiger partial charge in [0.1, 0.15) is 0 Å². The molecule has 6 nitrogen and oxygen atoms in total. The standard InChI is InChI=1S/C12H14N2O4/c1-8(4-5-15)13-12(16)9-7-11(18-14-9)10-3-2-6-17-10/h2-3,6-8,15H,4-5H2,1H3,(H,13,16). The zero-order valence-electron chi connectivity index (χ0n) is 9.92. The molecule has 0 radical (unpaired) electrons. The third-order valence-corrected chi connectivity index (χ3v) is 2.45. The number of nitrogens with one attached hydrogen (secondary N) is 1. The minimum absolute atomic E-state index is 0.0257. The molecular formula is C12H14N2O4. The quantitative estimate of drug-likeness (QED) is 0.838. The Balaban J connectivity index is 2.04. The van der Waals surface area contributed by atoms with E-state index in [9.17, 15) is 4.79 Å². The molecule has 1 unspecified atom stereocenters. The molecule has 0 saturated carbocycles. The minimum Gasteiger partial charge on any atom is -0.461 e. The Labute approximate surface area is 104 Å². The molecule has 0 aliphatic rings. The molecule has 1 amide bonds. The van der Waals surface area contributed by atoms with E-state index in [4.69, 9.17) is 14.0 Å². The lowest BCUT2D eigenvalue weighted by Crippen LogP contribution is -2.33. The Kier molecular flexibility index (Phi) is 3.78. The molecule has 18 heavy (non-hydrogen) atoms. The molecule has 96 valence electrons. The van der Waals surface area contributed by atoms with Crippen LogP contribution in [-0.2, 0) is 0 Å². The summed E-state index contributed by atoms with van der Waals surface area (Å²) in [5.41, 5.74) is 0.186. The molecular weight excluding hydrogens is 236 g/mol. The molecule has 0 bridgehead atoms. The third-order valence-electron chi connectivity index (χ3n) is 2.45. The van der Waals surface area contributed by atoms with Crippen molar-refractivity contribution in [2.75, 3.05) is 6.61 Å².